The van der Waals surface area contributed by atoms with Gasteiger partial charge in [0.25, 0.3) is 11.5 Å². The van der Waals surface area contributed by atoms with E-state index in [9.17, 15) is 14.4 Å². The average molecular weight is 431 g/mol. The highest BCUT2D eigenvalue weighted by molar-refractivity contribution is 6.30. The molecule has 148 valence electrons. The molecule has 0 aliphatic heterocycles. The Morgan fingerprint density at radius 3 is 2.45 bits per heavy atom. The van der Waals surface area contributed by atoms with Gasteiger partial charge >= 0.3 is 5.69 Å². The monoisotopic (exact) mass is 430 g/mol. The number of halogens is 2. The van der Waals surface area contributed by atoms with Crippen molar-refractivity contribution in [2.45, 2.75) is 25.4 Å². The third-order valence-corrected chi connectivity index (χ3v) is 4.98. The fourth-order valence-corrected chi connectivity index (χ4v) is 3.19. The van der Waals surface area contributed by atoms with Crippen molar-refractivity contribution < 1.29 is 4.79 Å². The molecule has 0 saturated heterocycles. The quantitative estimate of drug-likeness (QED) is 0.673. The maximum absolute atomic E-state index is 13.0. The molecule has 29 heavy (non-hydrogen) atoms. The Bertz CT molecular complexity index is 1200. The predicted molar refractivity (Wildman–Crippen MR) is 110 cm³/mol. The van der Waals surface area contributed by atoms with Crippen LogP contribution in [0.2, 0.25) is 10.0 Å². The van der Waals surface area contributed by atoms with Crippen LogP contribution in [0.3, 0.4) is 0 Å². The Hall–Kier alpha value is -2.90. The number of benzene rings is 2. The van der Waals surface area contributed by atoms with Gasteiger partial charge in [0.05, 0.1) is 12.2 Å². The molecule has 0 atom stereocenters. The number of nitrogens with zero attached hydrogens (tertiary/aromatic N) is 3. The third-order valence-electron chi connectivity index (χ3n) is 4.49. The Labute approximate surface area is 175 Å². The van der Waals surface area contributed by atoms with Gasteiger partial charge in [0.1, 0.15) is 0 Å². The summed E-state index contributed by atoms with van der Waals surface area (Å²) in [6.07, 6.45) is 1.72. The molecule has 4 rings (SSSR count). The van der Waals surface area contributed by atoms with Crippen molar-refractivity contribution in [3.63, 3.8) is 0 Å². The van der Waals surface area contributed by atoms with Gasteiger partial charge in [-0.25, -0.2) is 4.79 Å². The van der Waals surface area contributed by atoms with Crippen LogP contribution in [0, 0.1) is 0 Å². The molecular formula is C20H16Cl2N4O3. The standard InChI is InChI=1S/C20H16Cl2N4O3/c21-13-4-8-16(9-5-13)26-20(29)25(11-12-2-1-3-14(22)10-12)19(28)17(24-26)18(27)23-15-6-7-15/h1-5,8-10,15H,6-7,11H2,(H,23,27). The van der Waals surface area contributed by atoms with E-state index in [0.717, 1.165) is 22.1 Å². The molecule has 1 aliphatic carbocycles. The first-order valence-electron chi connectivity index (χ1n) is 8.98. The number of aromatic nitrogens is 3. The summed E-state index contributed by atoms with van der Waals surface area (Å²) < 4.78 is 2.01. The maximum Gasteiger partial charge on any atom is 0.352 e. The van der Waals surface area contributed by atoms with Crippen LogP contribution in [0.15, 0.2) is 58.1 Å². The van der Waals surface area contributed by atoms with Crippen molar-refractivity contribution in [1.29, 1.82) is 0 Å². The lowest BCUT2D eigenvalue weighted by atomic mass is 10.2. The summed E-state index contributed by atoms with van der Waals surface area (Å²) in [7, 11) is 0. The highest BCUT2D eigenvalue weighted by Gasteiger charge is 2.27. The van der Waals surface area contributed by atoms with E-state index in [-0.39, 0.29) is 18.3 Å². The van der Waals surface area contributed by atoms with Crippen LogP contribution in [0.4, 0.5) is 0 Å². The lowest BCUT2D eigenvalue weighted by Gasteiger charge is -2.12. The van der Waals surface area contributed by atoms with Crippen LogP contribution < -0.4 is 16.6 Å². The van der Waals surface area contributed by atoms with E-state index in [0.29, 0.717) is 21.3 Å². The van der Waals surface area contributed by atoms with E-state index in [1.54, 1.807) is 48.5 Å². The molecule has 0 spiro atoms. The summed E-state index contributed by atoms with van der Waals surface area (Å²) in [5, 5.41) is 7.78. The van der Waals surface area contributed by atoms with Crippen molar-refractivity contribution in [3.05, 3.63) is 90.7 Å². The van der Waals surface area contributed by atoms with E-state index < -0.39 is 17.2 Å². The van der Waals surface area contributed by atoms with Crippen molar-refractivity contribution in [1.82, 2.24) is 19.7 Å². The Balaban J connectivity index is 1.86. The molecule has 1 aromatic heterocycles. The summed E-state index contributed by atoms with van der Waals surface area (Å²) in [4.78, 5) is 38.6. The van der Waals surface area contributed by atoms with Crippen LogP contribution in [-0.2, 0) is 6.54 Å². The van der Waals surface area contributed by atoms with Crippen LogP contribution >= 0.6 is 23.2 Å². The van der Waals surface area contributed by atoms with Gasteiger partial charge in [-0.2, -0.15) is 9.78 Å². The molecule has 0 unspecified atom stereocenters. The lowest BCUT2D eigenvalue weighted by molar-refractivity contribution is 0.0941. The van der Waals surface area contributed by atoms with E-state index in [4.69, 9.17) is 23.2 Å². The topological polar surface area (TPSA) is 86.0 Å². The van der Waals surface area contributed by atoms with Crippen molar-refractivity contribution >= 4 is 29.1 Å². The smallest absolute Gasteiger partial charge is 0.348 e. The molecule has 9 heteroatoms. The number of carbonyl (C=O) groups excluding carboxylic acids is 1. The summed E-state index contributed by atoms with van der Waals surface area (Å²) in [5.41, 5.74) is -0.717. The first kappa shape index (κ1) is 19.4. The third kappa shape index (κ3) is 4.26. The zero-order valence-corrected chi connectivity index (χ0v) is 16.7. The second-order valence-electron chi connectivity index (χ2n) is 6.79. The molecule has 1 N–H and O–H groups in total. The van der Waals surface area contributed by atoms with Crippen LogP contribution in [0.5, 0.6) is 0 Å². The lowest BCUT2D eigenvalue weighted by Crippen LogP contribution is -2.46. The first-order chi connectivity index (χ1) is 13.9. The van der Waals surface area contributed by atoms with Gasteiger partial charge in [0, 0.05) is 16.1 Å². The van der Waals surface area contributed by atoms with Crippen molar-refractivity contribution in [3.8, 4) is 5.69 Å². The number of rotatable bonds is 5. The van der Waals surface area contributed by atoms with Crippen molar-refractivity contribution in [2.24, 2.45) is 0 Å². The predicted octanol–water partition coefficient (Wildman–Crippen LogP) is 2.64. The minimum atomic E-state index is -0.752. The van der Waals surface area contributed by atoms with Gasteiger partial charge in [-0.15, -0.1) is 0 Å². The van der Waals surface area contributed by atoms with E-state index >= 15 is 0 Å². The molecule has 1 heterocycles. The summed E-state index contributed by atoms with van der Waals surface area (Å²) in [5.74, 6) is -0.597. The first-order valence-corrected chi connectivity index (χ1v) is 9.73. The Kier molecular flexibility index (Phi) is 5.25. The van der Waals surface area contributed by atoms with E-state index in [1.165, 1.54) is 0 Å². The van der Waals surface area contributed by atoms with Gasteiger partial charge in [-0.1, -0.05) is 35.3 Å². The largest absolute Gasteiger partial charge is 0.352 e. The van der Waals surface area contributed by atoms with Crippen LogP contribution in [-0.4, -0.2) is 26.3 Å². The fourth-order valence-electron chi connectivity index (χ4n) is 2.85. The van der Waals surface area contributed by atoms with Gasteiger partial charge in [0.15, 0.2) is 0 Å². The van der Waals surface area contributed by atoms with Gasteiger partial charge < -0.3 is 5.32 Å². The van der Waals surface area contributed by atoms with Gasteiger partial charge in [-0.05, 0) is 54.8 Å². The molecule has 0 bridgehead atoms. The number of hydrogen-bond donors (Lipinski definition) is 1. The second kappa shape index (κ2) is 7.85. The fraction of sp³-hybridized carbons (Fsp3) is 0.200. The Morgan fingerprint density at radius 1 is 1.07 bits per heavy atom. The number of amides is 1. The average Bonchev–Trinajstić information content (AvgIpc) is 3.50. The molecule has 2 aromatic carbocycles. The van der Waals surface area contributed by atoms with Crippen LogP contribution in [0.1, 0.15) is 28.9 Å². The minimum Gasteiger partial charge on any atom is -0.348 e. The maximum atomic E-state index is 13.0. The molecule has 7 nitrogen and oxygen atoms in total. The molecule has 1 saturated carbocycles. The zero-order chi connectivity index (χ0) is 20.5. The molecule has 1 amide bonds. The van der Waals surface area contributed by atoms with E-state index in [1.807, 2.05) is 0 Å². The van der Waals surface area contributed by atoms with E-state index in [2.05, 4.69) is 10.4 Å². The van der Waals surface area contributed by atoms with Gasteiger partial charge in [0.2, 0.25) is 5.69 Å². The molecular weight excluding hydrogens is 415 g/mol. The molecule has 1 aliphatic rings. The second-order valence-corrected chi connectivity index (χ2v) is 7.66. The number of hydrogen-bond acceptors (Lipinski definition) is 4. The molecule has 1 fully saturated rings. The summed E-state index contributed by atoms with van der Waals surface area (Å²) in [6.45, 7) is -0.0436. The molecule has 0 radical (unpaired) electrons. The van der Waals surface area contributed by atoms with Gasteiger partial charge in [-0.3, -0.25) is 14.2 Å². The highest BCUT2D eigenvalue weighted by atomic mass is 35.5. The summed E-state index contributed by atoms with van der Waals surface area (Å²) in [6, 6.07) is 13.2. The number of nitrogens with one attached hydrogen (secondary N) is 1. The normalized spacial score (nSPS) is 13.3. The van der Waals surface area contributed by atoms with Crippen LogP contribution in [0.25, 0.3) is 5.69 Å². The highest BCUT2D eigenvalue weighted by Crippen LogP contribution is 2.19. The Morgan fingerprint density at radius 2 is 1.79 bits per heavy atom. The minimum absolute atomic E-state index is 0.0426. The summed E-state index contributed by atoms with van der Waals surface area (Å²) >= 11 is 11.9. The molecule has 3 aromatic rings. The zero-order valence-electron chi connectivity index (χ0n) is 15.1. The van der Waals surface area contributed by atoms with Crippen molar-refractivity contribution in [2.75, 3.05) is 0 Å². The SMILES string of the molecule is O=C(NC1CC1)c1nn(-c2ccc(Cl)cc2)c(=O)n(Cc2cccc(Cl)c2)c1=O. The number of carbonyl (C=O) groups is 1.